The highest BCUT2D eigenvalue weighted by atomic mass is 16.5. The van der Waals surface area contributed by atoms with Crippen molar-refractivity contribution in [1.29, 1.82) is 0 Å². The van der Waals surface area contributed by atoms with E-state index in [-0.39, 0.29) is 11.8 Å². The van der Waals surface area contributed by atoms with Gasteiger partial charge in [0.05, 0.1) is 19.8 Å². The molecular formula is C21H33N5O3. The van der Waals surface area contributed by atoms with Gasteiger partial charge in [-0.15, -0.1) is 0 Å². The third-order valence-corrected chi connectivity index (χ3v) is 5.38. The number of nitrogens with one attached hydrogen (secondary N) is 1. The fourth-order valence-corrected chi connectivity index (χ4v) is 3.70. The molecule has 1 amide bonds. The third kappa shape index (κ3) is 6.06. The number of piperidine rings is 1. The summed E-state index contributed by atoms with van der Waals surface area (Å²) in [4.78, 5) is 25.6. The molecule has 8 heteroatoms. The van der Waals surface area contributed by atoms with Gasteiger partial charge in [-0.3, -0.25) is 9.79 Å². The van der Waals surface area contributed by atoms with Crippen LogP contribution in [-0.4, -0.2) is 79.7 Å². The highest BCUT2D eigenvalue weighted by Crippen LogP contribution is 2.20. The van der Waals surface area contributed by atoms with E-state index in [1.165, 1.54) is 0 Å². The molecule has 2 aliphatic heterocycles. The Morgan fingerprint density at radius 3 is 2.62 bits per heavy atom. The largest absolute Gasteiger partial charge is 0.478 e. The SMILES string of the molecule is CCCOc1ccc(CNC(=NC)N2CCC(C(=O)N3CCOCC3)CC2)cn1. The van der Waals surface area contributed by atoms with Crippen LogP contribution in [0.4, 0.5) is 0 Å². The zero-order chi connectivity index (χ0) is 20.5. The van der Waals surface area contributed by atoms with Gasteiger partial charge in [0.2, 0.25) is 11.8 Å². The van der Waals surface area contributed by atoms with Gasteiger partial charge in [0.15, 0.2) is 5.96 Å². The minimum absolute atomic E-state index is 0.113. The van der Waals surface area contributed by atoms with Gasteiger partial charge < -0.3 is 24.6 Å². The van der Waals surface area contributed by atoms with Crippen LogP contribution >= 0.6 is 0 Å². The average molecular weight is 404 g/mol. The van der Waals surface area contributed by atoms with Gasteiger partial charge in [0, 0.05) is 58.0 Å². The topological polar surface area (TPSA) is 79.3 Å². The summed E-state index contributed by atoms with van der Waals surface area (Å²) >= 11 is 0. The standard InChI is InChI=1S/C21H33N5O3/c1-3-12-29-19-5-4-17(15-23-19)16-24-21(22-2)26-8-6-18(7-9-26)20(27)25-10-13-28-14-11-25/h4-5,15,18H,3,6-14,16H2,1-2H3,(H,22,24). The summed E-state index contributed by atoms with van der Waals surface area (Å²) < 4.78 is 10.9. The number of aromatic nitrogens is 1. The van der Waals surface area contributed by atoms with Gasteiger partial charge in [0.25, 0.3) is 0 Å². The molecule has 3 heterocycles. The first-order valence-electron chi connectivity index (χ1n) is 10.6. The zero-order valence-corrected chi connectivity index (χ0v) is 17.6. The summed E-state index contributed by atoms with van der Waals surface area (Å²) in [5.41, 5.74) is 1.08. The number of pyridine rings is 1. The Labute approximate surface area is 173 Å². The highest BCUT2D eigenvalue weighted by Gasteiger charge is 2.30. The van der Waals surface area contributed by atoms with Crippen LogP contribution in [0, 0.1) is 5.92 Å². The fraction of sp³-hybridized carbons (Fsp3) is 0.667. The van der Waals surface area contributed by atoms with Crippen LogP contribution in [0.15, 0.2) is 23.3 Å². The van der Waals surface area contributed by atoms with E-state index in [0.29, 0.717) is 32.2 Å². The molecule has 1 aromatic rings. The molecule has 0 atom stereocenters. The van der Waals surface area contributed by atoms with Crippen LogP contribution in [0.1, 0.15) is 31.7 Å². The van der Waals surface area contributed by atoms with Crippen molar-refractivity contribution in [3.63, 3.8) is 0 Å². The maximum Gasteiger partial charge on any atom is 0.225 e. The van der Waals surface area contributed by atoms with Crippen molar-refractivity contribution in [2.45, 2.75) is 32.7 Å². The third-order valence-electron chi connectivity index (χ3n) is 5.38. The van der Waals surface area contributed by atoms with E-state index in [1.54, 1.807) is 7.05 Å². The van der Waals surface area contributed by atoms with Crippen molar-refractivity contribution in [3.8, 4) is 5.88 Å². The second-order valence-electron chi connectivity index (χ2n) is 7.45. The quantitative estimate of drug-likeness (QED) is 0.573. The first-order valence-corrected chi connectivity index (χ1v) is 10.6. The molecule has 3 rings (SSSR count). The van der Waals surface area contributed by atoms with Gasteiger partial charge in [-0.25, -0.2) is 4.98 Å². The van der Waals surface area contributed by atoms with E-state index in [0.717, 1.165) is 57.0 Å². The monoisotopic (exact) mass is 403 g/mol. The van der Waals surface area contributed by atoms with Gasteiger partial charge >= 0.3 is 0 Å². The number of rotatable bonds is 6. The normalized spacial score (nSPS) is 18.6. The van der Waals surface area contributed by atoms with Gasteiger partial charge in [-0.05, 0) is 24.8 Å². The van der Waals surface area contributed by atoms with Crippen molar-refractivity contribution in [2.75, 3.05) is 53.0 Å². The lowest BCUT2D eigenvalue weighted by Gasteiger charge is -2.36. The molecule has 8 nitrogen and oxygen atoms in total. The molecule has 160 valence electrons. The summed E-state index contributed by atoms with van der Waals surface area (Å²) in [5.74, 6) is 1.93. The number of hydrogen-bond donors (Lipinski definition) is 1. The lowest BCUT2D eigenvalue weighted by atomic mass is 9.95. The number of guanidine groups is 1. The average Bonchev–Trinajstić information content (AvgIpc) is 2.79. The maximum atomic E-state index is 12.7. The van der Waals surface area contributed by atoms with E-state index < -0.39 is 0 Å². The number of carbonyl (C=O) groups excluding carboxylic acids is 1. The van der Waals surface area contributed by atoms with Crippen molar-refractivity contribution in [2.24, 2.45) is 10.9 Å². The molecule has 0 unspecified atom stereocenters. The van der Waals surface area contributed by atoms with Crippen molar-refractivity contribution >= 4 is 11.9 Å². The van der Waals surface area contributed by atoms with Crippen LogP contribution in [0.25, 0.3) is 0 Å². The lowest BCUT2D eigenvalue weighted by molar-refractivity contribution is -0.140. The molecule has 1 aromatic heterocycles. The number of likely N-dealkylation sites (tertiary alicyclic amines) is 1. The van der Waals surface area contributed by atoms with E-state index in [9.17, 15) is 4.79 Å². The van der Waals surface area contributed by atoms with Gasteiger partial charge in [0.1, 0.15) is 0 Å². The Morgan fingerprint density at radius 2 is 2.00 bits per heavy atom. The highest BCUT2D eigenvalue weighted by molar-refractivity contribution is 5.81. The van der Waals surface area contributed by atoms with E-state index in [2.05, 4.69) is 27.1 Å². The Morgan fingerprint density at radius 1 is 1.24 bits per heavy atom. The molecule has 29 heavy (non-hydrogen) atoms. The molecule has 0 aliphatic carbocycles. The predicted molar refractivity (Wildman–Crippen MR) is 112 cm³/mol. The molecular weight excluding hydrogens is 370 g/mol. The minimum atomic E-state index is 0.113. The van der Waals surface area contributed by atoms with Crippen LogP contribution < -0.4 is 10.1 Å². The fourth-order valence-electron chi connectivity index (χ4n) is 3.70. The molecule has 0 aromatic carbocycles. The smallest absolute Gasteiger partial charge is 0.225 e. The number of amides is 1. The van der Waals surface area contributed by atoms with Crippen LogP contribution in [0.2, 0.25) is 0 Å². The minimum Gasteiger partial charge on any atom is -0.478 e. The first kappa shape index (κ1) is 21.4. The second kappa shape index (κ2) is 11.0. The van der Waals surface area contributed by atoms with E-state index >= 15 is 0 Å². The number of carbonyl (C=O) groups is 1. The number of nitrogens with zero attached hydrogens (tertiary/aromatic N) is 4. The molecule has 2 aliphatic rings. The second-order valence-corrected chi connectivity index (χ2v) is 7.45. The van der Waals surface area contributed by atoms with Crippen LogP contribution in [-0.2, 0) is 16.1 Å². The van der Waals surface area contributed by atoms with Gasteiger partial charge in [-0.2, -0.15) is 0 Å². The summed E-state index contributed by atoms with van der Waals surface area (Å²) in [6, 6.07) is 3.92. The zero-order valence-electron chi connectivity index (χ0n) is 17.6. The van der Waals surface area contributed by atoms with Crippen molar-refractivity contribution < 1.29 is 14.3 Å². The first-order chi connectivity index (χ1) is 14.2. The number of hydrogen-bond acceptors (Lipinski definition) is 5. The Bertz CT molecular complexity index is 665. The summed E-state index contributed by atoms with van der Waals surface area (Å²) in [6.07, 6.45) is 4.53. The van der Waals surface area contributed by atoms with E-state index in [1.807, 2.05) is 23.2 Å². The van der Waals surface area contributed by atoms with Crippen LogP contribution in [0.3, 0.4) is 0 Å². The summed E-state index contributed by atoms with van der Waals surface area (Å²) in [5, 5.41) is 3.41. The molecule has 2 saturated heterocycles. The molecule has 0 saturated carbocycles. The lowest BCUT2D eigenvalue weighted by Crippen LogP contribution is -2.49. The summed E-state index contributed by atoms with van der Waals surface area (Å²) in [6.45, 7) is 7.83. The molecule has 1 N–H and O–H groups in total. The molecule has 2 fully saturated rings. The number of ether oxygens (including phenoxy) is 2. The Balaban J connectivity index is 1.44. The van der Waals surface area contributed by atoms with Gasteiger partial charge in [-0.1, -0.05) is 13.0 Å². The van der Waals surface area contributed by atoms with Crippen molar-refractivity contribution in [1.82, 2.24) is 20.1 Å². The summed E-state index contributed by atoms with van der Waals surface area (Å²) in [7, 11) is 1.80. The predicted octanol–water partition coefficient (Wildman–Crippen LogP) is 1.52. The number of morpholine rings is 1. The van der Waals surface area contributed by atoms with Crippen molar-refractivity contribution in [3.05, 3.63) is 23.9 Å². The van der Waals surface area contributed by atoms with Crippen LogP contribution in [0.5, 0.6) is 5.88 Å². The van der Waals surface area contributed by atoms with E-state index in [4.69, 9.17) is 9.47 Å². The molecule has 0 bridgehead atoms. The number of aliphatic imine (C=N–C) groups is 1. The maximum absolute atomic E-state index is 12.7. The molecule has 0 radical (unpaired) electrons. The molecule has 0 spiro atoms. The Kier molecular flexibility index (Phi) is 8.10. The Hall–Kier alpha value is -2.35.